The molecule has 1 atom stereocenters. The lowest BCUT2D eigenvalue weighted by molar-refractivity contribution is -0.138. The van der Waals surface area contributed by atoms with Crippen molar-refractivity contribution in [1.82, 2.24) is 5.32 Å². The third-order valence-corrected chi connectivity index (χ3v) is 3.12. The van der Waals surface area contributed by atoms with E-state index in [0.717, 1.165) is 12.1 Å². The summed E-state index contributed by atoms with van der Waals surface area (Å²) in [5, 5.41) is 12.1. The number of hydrogen-bond acceptors (Lipinski definition) is 3. The third kappa shape index (κ3) is 2.96. The van der Waals surface area contributed by atoms with Gasteiger partial charge in [0.05, 0.1) is 11.5 Å². The van der Waals surface area contributed by atoms with Crippen LogP contribution in [0.3, 0.4) is 0 Å². The number of ketones is 1. The lowest BCUT2D eigenvalue weighted by Gasteiger charge is -2.23. The fourth-order valence-electron chi connectivity index (χ4n) is 1.95. The van der Waals surface area contributed by atoms with Crippen LogP contribution < -0.4 is 5.32 Å². The van der Waals surface area contributed by atoms with Gasteiger partial charge in [0.15, 0.2) is 0 Å². The second-order valence-electron chi connectivity index (χ2n) is 4.54. The summed E-state index contributed by atoms with van der Waals surface area (Å²) in [5.74, 6) is -2.47. The Labute approximate surface area is 108 Å². The van der Waals surface area contributed by atoms with Crippen LogP contribution in [0.4, 0.5) is 8.78 Å². The smallest absolute Gasteiger partial charge is 0.224 e. The molecule has 1 aliphatic rings. The first kappa shape index (κ1) is 13.6. The molecule has 6 heteroatoms. The molecular formula is C13H13F2NO3. The summed E-state index contributed by atoms with van der Waals surface area (Å²) >= 11 is 0. The molecule has 0 aromatic heterocycles. The predicted octanol–water partition coefficient (Wildman–Crippen LogP) is 1.09. The highest BCUT2D eigenvalue weighted by molar-refractivity contribution is 5.96. The second-order valence-corrected chi connectivity index (χ2v) is 4.54. The van der Waals surface area contributed by atoms with Gasteiger partial charge in [-0.15, -0.1) is 0 Å². The van der Waals surface area contributed by atoms with Crippen molar-refractivity contribution in [2.75, 3.05) is 6.54 Å². The molecular weight excluding hydrogens is 256 g/mol. The van der Waals surface area contributed by atoms with E-state index in [-0.39, 0.29) is 37.0 Å². The van der Waals surface area contributed by atoms with Gasteiger partial charge < -0.3 is 10.4 Å². The monoisotopic (exact) mass is 269 g/mol. The fraction of sp³-hybridized carbons (Fsp3) is 0.385. The summed E-state index contributed by atoms with van der Waals surface area (Å²) in [5.41, 5.74) is -0.465. The number of carbonyl (C=O) groups is 2. The van der Waals surface area contributed by atoms with E-state index in [1.807, 2.05) is 0 Å². The summed E-state index contributed by atoms with van der Waals surface area (Å²) in [7, 11) is 0. The minimum absolute atomic E-state index is 0.0147. The Morgan fingerprint density at radius 2 is 1.95 bits per heavy atom. The maximum atomic E-state index is 13.4. The summed E-state index contributed by atoms with van der Waals surface area (Å²) in [6.07, 6.45) is -1.08. The van der Waals surface area contributed by atoms with Gasteiger partial charge in [-0.05, 0) is 12.1 Å². The van der Waals surface area contributed by atoms with Crippen LogP contribution in [0.15, 0.2) is 18.2 Å². The van der Waals surface area contributed by atoms with Gasteiger partial charge in [0, 0.05) is 19.4 Å². The number of benzene rings is 1. The highest BCUT2D eigenvalue weighted by Gasteiger charge is 2.32. The van der Waals surface area contributed by atoms with Crippen LogP contribution in [0.5, 0.6) is 0 Å². The lowest BCUT2D eigenvalue weighted by atomic mass is 9.83. The second kappa shape index (κ2) is 5.44. The fourth-order valence-corrected chi connectivity index (χ4v) is 1.95. The van der Waals surface area contributed by atoms with E-state index in [1.54, 1.807) is 0 Å². The van der Waals surface area contributed by atoms with Crippen LogP contribution >= 0.6 is 0 Å². The number of carbonyl (C=O) groups excluding carboxylic acids is 2. The Morgan fingerprint density at radius 1 is 1.37 bits per heavy atom. The van der Waals surface area contributed by atoms with Crippen LogP contribution in [-0.4, -0.2) is 23.3 Å². The first-order valence-electron chi connectivity index (χ1n) is 5.90. The topological polar surface area (TPSA) is 66.4 Å². The first-order valence-corrected chi connectivity index (χ1v) is 5.90. The Morgan fingerprint density at radius 3 is 2.47 bits per heavy atom. The van der Waals surface area contributed by atoms with Gasteiger partial charge in [-0.1, -0.05) is 6.07 Å². The normalized spacial score (nSPS) is 16.9. The number of aliphatic hydroxyl groups excluding tert-OH is 1. The number of Topliss-reactive ketones (excluding diaryl/α,β-unsaturated/α-hetero) is 1. The van der Waals surface area contributed by atoms with Crippen LogP contribution in [0.1, 0.15) is 24.5 Å². The molecule has 1 aromatic rings. The lowest BCUT2D eigenvalue weighted by Crippen LogP contribution is -2.40. The molecule has 0 radical (unpaired) electrons. The highest BCUT2D eigenvalue weighted by atomic mass is 19.1. The molecule has 1 unspecified atom stereocenters. The third-order valence-electron chi connectivity index (χ3n) is 3.12. The predicted molar refractivity (Wildman–Crippen MR) is 62.1 cm³/mol. The van der Waals surface area contributed by atoms with Gasteiger partial charge in [-0.25, -0.2) is 8.78 Å². The van der Waals surface area contributed by atoms with Crippen molar-refractivity contribution in [3.05, 3.63) is 35.4 Å². The van der Waals surface area contributed by atoms with Crippen molar-refractivity contribution in [3.8, 4) is 0 Å². The zero-order valence-electron chi connectivity index (χ0n) is 10.0. The maximum absolute atomic E-state index is 13.4. The zero-order chi connectivity index (χ0) is 14.0. The van der Waals surface area contributed by atoms with E-state index in [2.05, 4.69) is 5.32 Å². The van der Waals surface area contributed by atoms with Gasteiger partial charge in [0.25, 0.3) is 0 Å². The summed E-state index contributed by atoms with van der Waals surface area (Å²) in [6.45, 7) is -0.290. The molecule has 0 spiro atoms. The van der Waals surface area contributed by atoms with Crippen molar-refractivity contribution >= 4 is 11.7 Å². The van der Waals surface area contributed by atoms with Crippen molar-refractivity contribution in [3.63, 3.8) is 0 Å². The first-order chi connectivity index (χ1) is 8.99. The van der Waals surface area contributed by atoms with E-state index < -0.39 is 23.3 Å². The Kier molecular flexibility index (Phi) is 3.90. The van der Waals surface area contributed by atoms with Gasteiger partial charge in [0.1, 0.15) is 23.5 Å². The van der Waals surface area contributed by atoms with Crippen molar-refractivity contribution < 1.29 is 23.5 Å². The molecule has 4 nitrogen and oxygen atoms in total. The number of amides is 1. The molecule has 0 bridgehead atoms. The number of aliphatic hydroxyl groups is 1. The SMILES string of the molecule is O=C1CC(C(=O)NCC(O)c2c(F)cccc2F)C1. The van der Waals surface area contributed by atoms with Crippen LogP contribution in [-0.2, 0) is 9.59 Å². The van der Waals surface area contributed by atoms with Gasteiger partial charge in [-0.3, -0.25) is 9.59 Å². The molecule has 102 valence electrons. The molecule has 0 saturated heterocycles. The largest absolute Gasteiger partial charge is 0.386 e. The van der Waals surface area contributed by atoms with Crippen LogP contribution in [0, 0.1) is 17.6 Å². The molecule has 0 heterocycles. The number of nitrogens with one attached hydrogen (secondary N) is 1. The van der Waals surface area contributed by atoms with E-state index in [1.165, 1.54) is 6.07 Å². The quantitative estimate of drug-likeness (QED) is 0.860. The molecule has 1 fully saturated rings. The summed E-state index contributed by atoms with van der Waals surface area (Å²) < 4.78 is 26.7. The Hall–Kier alpha value is -1.82. The van der Waals surface area contributed by atoms with Gasteiger partial charge in [0.2, 0.25) is 5.91 Å². The van der Waals surface area contributed by atoms with Crippen molar-refractivity contribution in [2.45, 2.75) is 18.9 Å². The molecule has 1 amide bonds. The number of rotatable bonds is 4. The average molecular weight is 269 g/mol. The maximum Gasteiger partial charge on any atom is 0.224 e. The number of halogens is 2. The standard InChI is InChI=1S/C13H13F2NO3/c14-9-2-1-3-10(15)12(9)11(18)6-16-13(19)7-4-8(17)5-7/h1-3,7,11,18H,4-6H2,(H,16,19). The minimum Gasteiger partial charge on any atom is -0.386 e. The summed E-state index contributed by atoms with van der Waals surface area (Å²) in [6, 6.07) is 3.27. The van der Waals surface area contributed by atoms with Gasteiger partial charge in [-0.2, -0.15) is 0 Å². The highest BCUT2D eigenvalue weighted by Crippen LogP contribution is 2.23. The van der Waals surface area contributed by atoms with Crippen molar-refractivity contribution in [1.29, 1.82) is 0 Å². The molecule has 2 N–H and O–H groups in total. The van der Waals surface area contributed by atoms with Crippen LogP contribution in [0.2, 0.25) is 0 Å². The van der Waals surface area contributed by atoms with E-state index in [0.29, 0.717) is 0 Å². The molecule has 1 aliphatic carbocycles. The van der Waals surface area contributed by atoms with Gasteiger partial charge >= 0.3 is 0 Å². The van der Waals surface area contributed by atoms with Crippen LogP contribution in [0.25, 0.3) is 0 Å². The minimum atomic E-state index is -1.46. The van der Waals surface area contributed by atoms with E-state index in [9.17, 15) is 23.5 Å². The molecule has 1 saturated carbocycles. The van der Waals surface area contributed by atoms with E-state index in [4.69, 9.17) is 0 Å². The molecule has 2 rings (SSSR count). The van der Waals surface area contributed by atoms with Crippen molar-refractivity contribution in [2.24, 2.45) is 5.92 Å². The zero-order valence-corrected chi connectivity index (χ0v) is 10.0. The molecule has 19 heavy (non-hydrogen) atoms. The van der Waals surface area contributed by atoms with E-state index >= 15 is 0 Å². The molecule has 0 aliphatic heterocycles. The number of hydrogen-bond donors (Lipinski definition) is 2. The Balaban J connectivity index is 1.92. The summed E-state index contributed by atoms with van der Waals surface area (Å²) in [4.78, 5) is 22.2. The average Bonchev–Trinajstić information content (AvgIpc) is 2.32. The Bertz CT molecular complexity index is 490. The molecule has 1 aromatic carbocycles.